The van der Waals surface area contributed by atoms with Crippen molar-refractivity contribution in [1.29, 1.82) is 0 Å². The number of halogens is 1. The van der Waals surface area contributed by atoms with E-state index in [0.29, 0.717) is 6.04 Å². The standard InChI is InChI=1S/C22H30N4O.HI/c1-17-9-10-18(15-21(17)27-3)11-13-24-22(23-2)25-19-12-14-26(16-19)20-7-5-4-6-8-20;/h4-10,15,19H,11-14,16H2,1-3H3,(H2,23,24,25);1H. The second-order valence-corrected chi connectivity index (χ2v) is 6.96. The fourth-order valence-electron chi connectivity index (χ4n) is 3.48. The summed E-state index contributed by atoms with van der Waals surface area (Å²) in [7, 11) is 3.55. The molecule has 28 heavy (non-hydrogen) atoms. The van der Waals surface area contributed by atoms with Gasteiger partial charge in [0, 0.05) is 38.4 Å². The van der Waals surface area contributed by atoms with Crippen molar-refractivity contribution < 1.29 is 4.74 Å². The Morgan fingerprint density at radius 3 is 2.71 bits per heavy atom. The SMILES string of the molecule is CN=C(NCCc1ccc(C)c(OC)c1)NC1CCN(c2ccccc2)C1.I. The van der Waals surface area contributed by atoms with Crippen LogP contribution in [-0.4, -0.2) is 45.8 Å². The highest BCUT2D eigenvalue weighted by atomic mass is 127. The van der Waals surface area contributed by atoms with Crippen LogP contribution in [0.2, 0.25) is 0 Å². The molecule has 1 unspecified atom stereocenters. The molecule has 0 aromatic heterocycles. The topological polar surface area (TPSA) is 48.9 Å². The normalized spacial score (nSPS) is 16.5. The number of ether oxygens (including phenoxy) is 1. The van der Waals surface area contributed by atoms with Crippen LogP contribution in [0.5, 0.6) is 5.75 Å². The third-order valence-corrected chi connectivity index (χ3v) is 5.05. The molecular weight excluding hydrogens is 463 g/mol. The molecule has 2 N–H and O–H groups in total. The Bertz CT molecular complexity index is 766. The Hall–Kier alpha value is -1.96. The van der Waals surface area contributed by atoms with Gasteiger partial charge in [0.15, 0.2) is 5.96 Å². The van der Waals surface area contributed by atoms with E-state index in [2.05, 4.69) is 76.0 Å². The highest BCUT2D eigenvalue weighted by molar-refractivity contribution is 14.0. The number of hydrogen-bond donors (Lipinski definition) is 2. The summed E-state index contributed by atoms with van der Waals surface area (Å²) in [6, 6.07) is 17.4. The molecule has 0 aliphatic carbocycles. The van der Waals surface area contributed by atoms with E-state index in [0.717, 1.165) is 49.7 Å². The second kappa shape index (κ2) is 11.1. The summed E-state index contributed by atoms with van der Waals surface area (Å²) >= 11 is 0. The van der Waals surface area contributed by atoms with Gasteiger partial charge >= 0.3 is 0 Å². The van der Waals surface area contributed by atoms with Crippen LogP contribution in [-0.2, 0) is 6.42 Å². The molecule has 1 saturated heterocycles. The Morgan fingerprint density at radius 1 is 1.21 bits per heavy atom. The lowest BCUT2D eigenvalue weighted by Crippen LogP contribution is -2.45. The van der Waals surface area contributed by atoms with E-state index in [1.54, 1.807) is 7.11 Å². The second-order valence-electron chi connectivity index (χ2n) is 6.96. The highest BCUT2D eigenvalue weighted by Crippen LogP contribution is 2.20. The van der Waals surface area contributed by atoms with Gasteiger partial charge in [0.25, 0.3) is 0 Å². The molecule has 1 aliphatic heterocycles. The number of benzene rings is 2. The summed E-state index contributed by atoms with van der Waals surface area (Å²) in [4.78, 5) is 6.80. The largest absolute Gasteiger partial charge is 0.496 e. The fourth-order valence-corrected chi connectivity index (χ4v) is 3.48. The zero-order valence-electron chi connectivity index (χ0n) is 16.9. The first-order valence-electron chi connectivity index (χ1n) is 9.60. The van der Waals surface area contributed by atoms with E-state index < -0.39 is 0 Å². The Balaban J connectivity index is 0.00000280. The fraction of sp³-hybridized carbons (Fsp3) is 0.409. The lowest BCUT2D eigenvalue weighted by Gasteiger charge is -2.20. The summed E-state index contributed by atoms with van der Waals surface area (Å²) in [6.45, 7) is 4.97. The third kappa shape index (κ3) is 6.02. The molecule has 1 aliphatic rings. The molecule has 152 valence electrons. The number of nitrogens with zero attached hydrogens (tertiary/aromatic N) is 2. The number of aryl methyl sites for hydroxylation is 1. The molecular formula is C22H31IN4O. The average molecular weight is 494 g/mol. The molecule has 1 atom stereocenters. The van der Waals surface area contributed by atoms with Crippen molar-refractivity contribution in [2.24, 2.45) is 4.99 Å². The number of guanidine groups is 1. The smallest absolute Gasteiger partial charge is 0.191 e. The molecule has 5 nitrogen and oxygen atoms in total. The van der Waals surface area contributed by atoms with Crippen LogP contribution in [0.1, 0.15) is 17.5 Å². The maximum absolute atomic E-state index is 5.41. The van der Waals surface area contributed by atoms with Crippen molar-refractivity contribution in [2.75, 3.05) is 38.7 Å². The van der Waals surface area contributed by atoms with Crippen molar-refractivity contribution in [3.8, 4) is 5.75 Å². The average Bonchev–Trinajstić information content (AvgIpc) is 3.17. The van der Waals surface area contributed by atoms with Crippen LogP contribution in [0.4, 0.5) is 5.69 Å². The number of hydrogen-bond acceptors (Lipinski definition) is 3. The molecule has 0 bridgehead atoms. The lowest BCUT2D eigenvalue weighted by atomic mass is 10.1. The van der Waals surface area contributed by atoms with Gasteiger partial charge in [0.05, 0.1) is 7.11 Å². The number of rotatable bonds is 6. The van der Waals surface area contributed by atoms with Gasteiger partial charge in [-0.05, 0) is 49.1 Å². The van der Waals surface area contributed by atoms with Gasteiger partial charge in [0.1, 0.15) is 5.75 Å². The van der Waals surface area contributed by atoms with Crippen LogP contribution >= 0.6 is 24.0 Å². The van der Waals surface area contributed by atoms with E-state index in [1.165, 1.54) is 11.3 Å². The molecule has 0 amide bonds. The van der Waals surface area contributed by atoms with Crippen molar-refractivity contribution in [3.05, 3.63) is 59.7 Å². The Morgan fingerprint density at radius 2 is 2.00 bits per heavy atom. The maximum atomic E-state index is 5.41. The predicted molar refractivity (Wildman–Crippen MR) is 128 cm³/mol. The first-order chi connectivity index (χ1) is 13.2. The van der Waals surface area contributed by atoms with Crippen molar-refractivity contribution in [2.45, 2.75) is 25.8 Å². The zero-order valence-corrected chi connectivity index (χ0v) is 19.3. The number of anilines is 1. The van der Waals surface area contributed by atoms with Crippen molar-refractivity contribution in [1.82, 2.24) is 10.6 Å². The Kier molecular flexibility index (Phi) is 8.89. The van der Waals surface area contributed by atoms with Gasteiger partial charge in [-0.1, -0.05) is 30.3 Å². The first-order valence-corrected chi connectivity index (χ1v) is 9.60. The number of aliphatic imine (C=N–C) groups is 1. The minimum absolute atomic E-state index is 0. The molecule has 1 heterocycles. The van der Waals surface area contributed by atoms with Gasteiger partial charge in [0.2, 0.25) is 0 Å². The third-order valence-electron chi connectivity index (χ3n) is 5.05. The number of methoxy groups -OCH3 is 1. The summed E-state index contributed by atoms with van der Waals surface area (Å²) in [6.07, 6.45) is 2.04. The minimum Gasteiger partial charge on any atom is -0.496 e. The maximum Gasteiger partial charge on any atom is 0.191 e. The Labute approximate surface area is 185 Å². The van der Waals surface area contributed by atoms with Gasteiger partial charge in [-0.25, -0.2) is 0 Å². The van der Waals surface area contributed by atoms with Crippen LogP contribution in [0.15, 0.2) is 53.5 Å². The van der Waals surface area contributed by atoms with E-state index >= 15 is 0 Å². The van der Waals surface area contributed by atoms with Crippen LogP contribution < -0.4 is 20.3 Å². The lowest BCUT2D eigenvalue weighted by molar-refractivity contribution is 0.411. The van der Waals surface area contributed by atoms with Crippen LogP contribution in [0.3, 0.4) is 0 Å². The quantitative estimate of drug-likeness (QED) is 0.366. The molecule has 0 saturated carbocycles. The zero-order chi connectivity index (χ0) is 19.1. The highest BCUT2D eigenvalue weighted by Gasteiger charge is 2.23. The molecule has 2 aromatic rings. The van der Waals surface area contributed by atoms with Gasteiger partial charge in [-0.3, -0.25) is 4.99 Å². The molecule has 6 heteroatoms. The van der Waals surface area contributed by atoms with Gasteiger partial charge < -0.3 is 20.3 Å². The number of nitrogens with one attached hydrogen (secondary N) is 2. The first kappa shape index (κ1) is 22.3. The summed E-state index contributed by atoms with van der Waals surface area (Å²) in [5.74, 6) is 1.82. The summed E-state index contributed by atoms with van der Waals surface area (Å²) < 4.78 is 5.41. The molecule has 0 radical (unpaired) electrons. The van der Waals surface area contributed by atoms with Gasteiger partial charge in [-0.15, -0.1) is 24.0 Å². The summed E-state index contributed by atoms with van der Waals surface area (Å²) in [5, 5.41) is 6.99. The van der Waals surface area contributed by atoms with E-state index in [4.69, 9.17) is 4.74 Å². The molecule has 1 fully saturated rings. The van der Waals surface area contributed by atoms with Crippen LogP contribution in [0.25, 0.3) is 0 Å². The predicted octanol–water partition coefficient (Wildman–Crippen LogP) is 3.61. The van der Waals surface area contributed by atoms with Crippen LogP contribution in [0, 0.1) is 6.92 Å². The summed E-state index contributed by atoms with van der Waals surface area (Å²) in [5.41, 5.74) is 3.71. The van der Waals surface area contributed by atoms with Gasteiger partial charge in [-0.2, -0.15) is 0 Å². The molecule has 0 spiro atoms. The van der Waals surface area contributed by atoms with E-state index in [9.17, 15) is 0 Å². The monoisotopic (exact) mass is 494 g/mol. The minimum atomic E-state index is 0. The van der Waals surface area contributed by atoms with E-state index in [1.807, 2.05) is 7.05 Å². The van der Waals surface area contributed by atoms with E-state index in [-0.39, 0.29) is 24.0 Å². The van der Waals surface area contributed by atoms with Crippen molar-refractivity contribution >= 4 is 35.6 Å². The van der Waals surface area contributed by atoms with Crippen molar-refractivity contribution in [3.63, 3.8) is 0 Å². The molecule has 3 rings (SSSR count). The number of para-hydroxylation sites is 1. The molecule has 2 aromatic carbocycles.